The zero-order valence-corrected chi connectivity index (χ0v) is 12.0. The Labute approximate surface area is 115 Å². The van der Waals surface area contributed by atoms with Gasteiger partial charge >= 0.3 is 0 Å². The lowest BCUT2D eigenvalue weighted by Gasteiger charge is -2.17. The van der Waals surface area contributed by atoms with E-state index in [1.54, 1.807) is 6.07 Å². The van der Waals surface area contributed by atoms with Crippen molar-refractivity contribution in [3.63, 3.8) is 0 Å². The molecule has 0 unspecified atom stereocenters. The third-order valence-corrected chi connectivity index (χ3v) is 3.45. The van der Waals surface area contributed by atoms with Crippen molar-refractivity contribution in [1.29, 1.82) is 0 Å². The second-order valence-electron chi connectivity index (χ2n) is 4.96. The SMILES string of the molecule is CCCCc1c(C(N)=O)cc(N)c(N)c1CCCC. The lowest BCUT2D eigenvalue weighted by Crippen LogP contribution is -2.17. The molecule has 0 atom stereocenters. The van der Waals surface area contributed by atoms with Gasteiger partial charge in [0.15, 0.2) is 0 Å². The van der Waals surface area contributed by atoms with Gasteiger partial charge in [-0.2, -0.15) is 0 Å². The first-order chi connectivity index (χ1) is 9.02. The Morgan fingerprint density at radius 3 is 2.05 bits per heavy atom. The first-order valence-corrected chi connectivity index (χ1v) is 7.02. The molecule has 0 radical (unpaired) electrons. The molecule has 0 saturated carbocycles. The fraction of sp³-hybridized carbons (Fsp3) is 0.533. The molecule has 1 amide bonds. The highest BCUT2D eigenvalue weighted by molar-refractivity contribution is 5.97. The molecule has 0 heterocycles. The molecule has 0 aromatic heterocycles. The quantitative estimate of drug-likeness (QED) is 0.660. The molecule has 1 aromatic carbocycles. The summed E-state index contributed by atoms with van der Waals surface area (Å²) < 4.78 is 0. The third kappa shape index (κ3) is 3.63. The average molecular weight is 263 g/mol. The van der Waals surface area contributed by atoms with Crippen LogP contribution in [-0.2, 0) is 12.8 Å². The van der Waals surface area contributed by atoms with Crippen LogP contribution in [0.15, 0.2) is 6.07 Å². The minimum absolute atomic E-state index is 0.421. The molecule has 6 N–H and O–H groups in total. The number of hydrogen-bond donors (Lipinski definition) is 3. The van der Waals surface area contributed by atoms with Gasteiger partial charge in [-0.05, 0) is 42.9 Å². The Morgan fingerprint density at radius 2 is 1.58 bits per heavy atom. The van der Waals surface area contributed by atoms with Crippen molar-refractivity contribution in [2.24, 2.45) is 5.73 Å². The molecule has 0 bridgehead atoms. The van der Waals surface area contributed by atoms with Gasteiger partial charge in [0.2, 0.25) is 5.91 Å². The Bertz CT molecular complexity index is 455. The van der Waals surface area contributed by atoms with E-state index >= 15 is 0 Å². The van der Waals surface area contributed by atoms with Crippen LogP contribution < -0.4 is 17.2 Å². The number of unbranched alkanes of at least 4 members (excludes halogenated alkanes) is 2. The van der Waals surface area contributed by atoms with Crippen LogP contribution in [0.1, 0.15) is 61.0 Å². The average Bonchev–Trinajstić information content (AvgIpc) is 2.38. The van der Waals surface area contributed by atoms with Gasteiger partial charge in [0, 0.05) is 5.56 Å². The predicted octanol–water partition coefficient (Wildman–Crippen LogP) is 2.64. The standard InChI is InChI=1S/C15H25N3O/c1-3-5-7-10-11(8-6-4-2)14(17)13(16)9-12(10)15(18)19/h9H,3-8,16-17H2,1-2H3,(H2,18,19). The number of carbonyl (C=O) groups excluding carboxylic acids is 1. The van der Waals surface area contributed by atoms with E-state index in [-0.39, 0.29) is 0 Å². The molecular weight excluding hydrogens is 238 g/mol. The molecule has 19 heavy (non-hydrogen) atoms. The van der Waals surface area contributed by atoms with E-state index in [9.17, 15) is 4.79 Å². The molecule has 1 rings (SSSR count). The summed E-state index contributed by atoms with van der Waals surface area (Å²) >= 11 is 0. The van der Waals surface area contributed by atoms with Crippen molar-refractivity contribution >= 4 is 17.3 Å². The van der Waals surface area contributed by atoms with Crippen molar-refractivity contribution in [3.05, 3.63) is 22.8 Å². The maximum Gasteiger partial charge on any atom is 0.249 e. The fourth-order valence-electron chi connectivity index (χ4n) is 2.32. The Morgan fingerprint density at radius 1 is 1.05 bits per heavy atom. The zero-order valence-electron chi connectivity index (χ0n) is 12.0. The first kappa shape index (κ1) is 15.3. The number of primary amides is 1. The van der Waals surface area contributed by atoms with Gasteiger partial charge in [-0.1, -0.05) is 26.7 Å². The number of carbonyl (C=O) groups is 1. The maximum absolute atomic E-state index is 11.6. The Balaban J connectivity index is 3.31. The lowest BCUT2D eigenvalue weighted by atomic mass is 9.90. The number of benzene rings is 1. The van der Waals surface area contributed by atoms with Gasteiger partial charge in [-0.3, -0.25) is 4.79 Å². The first-order valence-electron chi connectivity index (χ1n) is 7.02. The van der Waals surface area contributed by atoms with Crippen molar-refractivity contribution in [3.8, 4) is 0 Å². The number of hydrogen-bond acceptors (Lipinski definition) is 3. The summed E-state index contributed by atoms with van der Waals surface area (Å²) in [7, 11) is 0. The Kier molecular flexibility index (Phi) is 5.67. The molecular formula is C15H25N3O. The van der Waals surface area contributed by atoms with E-state index in [2.05, 4.69) is 13.8 Å². The molecule has 0 spiro atoms. The second kappa shape index (κ2) is 7.02. The molecule has 0 aliphatic rings. The van der Waals surface area contributed by atoms with Gasteiger partial charge in [0.05, 0.1) is 11.4 Å². The molecule has 0 aliphatic heterocycles. The van der Waals surface area contributed by atoms with Crippen LogP contribution in [0, 0.1) is 0 Å². The van der Waals surface area contributed by atoms with E-state index in [0.29, 0.717) is 16.9 Å². The van der Waals surface area contributed by atoms with Gasteiger partial charge < -0.3 is 17.2 Å². The predicted molar refractivity (Wildman–Crippen MR) is 81.0 cm³/mol. The monoisotopic (exact) mass is 263 g/mol. The number of nitrogen functional groups attached to an aromatic ring is 2. The van der Waals surface area contributed by atoms with E-state index in [0.717, 1.165) is 49.7 Å². The van der Waals surface area contributed by atoms with Crippen LogP contribution >= 0.6 is 0 Å². The van der Waals surface area contributed by atoms with E-state index < -0.39 is 5.91 Å². The number of amides is 1. The Hall–Kier alpha value is -1.71. The maximum atomic E-state index is 11.6. The zero-order chi connectivity index (χ0) is 14.4. The number of anilines is 2. The summed E-state index contributed by atoms with van der Waals surface area (Å²) in [6.07, 6.45) is 5.88. The van der Waals surface area contributed by atoms with Gasteiger partial charge in [-0.15, -0.1) is 0 Å². The van der Waals surface area contributed by atoms with Gasteiger partial charge in [-0.25, -0.2) is 0 Å². The summed E-state index contributed by atoms with van der Waals surface area (Å²) in [5.74, 6) is -0.421. The molecule has 0 saturated heterocycles. The largest absolute Gasteiger partial charge is 0.397 e. The highest BCUT2D eigenvalue weighted by atomic mass is 16.1. The molecule has 0 fully saturated rings. The van der Waals surface area contributed by atoms with Crippen molar-refractivity contribution in [1.82, 2.24) is 0 Å². The highest BCUT2D eigenvalue weighted by Gasteiger charge is 2.17. The molecule has 4 heteroatoms. The van der Waals surface area contributed by atoms with Crippen LogP contribution in [-0.4, -0.2) is 5.91 Å². The van der Waals surface area contributed by atoms with E-state index in [1.807, 2.05) is 0 Å². The smallest absolute Gasteiger partial charge is 0.249 e. The van der Waals surface area contributed by atoms with Gasteiger partial charge in [0.25, 0.3) is 0 Å². The van der Waals surface area contributed by atoms with Crippen molar-refractivity contribution in [2.75, 3.05) is 11.5 Å². The number of rotatable bonds is 7. The van der Waals surface area contributed by atoms with Crippen molar-refractivity contribution < 1.29 is 4.79 Å². The molecule has 4 nitrogen and oxygen atoms in total. The molecule has 1 aromatic rings. The summed E-state index contributed by atoms with van der Waals surface area (Å²) in [6.45, 7) is 4.25. The lowest BCUT2D eigenvalue weighted by molar-refractivity contribution is 0.0999. The highest BCUT2D eigenvalue weighted by Crippen LogP contribution is 2.30. The summed E-state index contributed by atoms with van der Waals surface area (Å²) in [4.78, 5) is 11.6. The minimum atomic E-state index is -0.421. The summed E-state index contributed by atoms with van der Waals surface area (Å²) in [5.41, 5.74) is 21.1. The summed E-state index contributed by atoms with van der Waals surface area (Å²) in [5, 5.41) is 0. The minimum Gasteiger partial charge on any atom is -0.397 e. The fourth-order valence-corrected chi connectivity index (χ4v) is 2.32. The van der Waals surface area contributed by atoms with Crippen LogP contribution in [0.4, 0.5) is 11.4 Å². The normalized spacial score (nSPS) is 10.6. The van der Waals surface area contributed by atoms with E-state index in [1.165, 1.54) is 0 Å². The third-order valence-electron chi connectivity index (χ3n) is 3.45. The summed E-state index contributed by atoms with van der Waals surface area (Å²) in [6, 6.07) is 1.62. The molecule has 0 aliphatic carbocycles. The topological polar surface area (TPSA) is 95.1 Å². The van der Waals surface area contributed by atoms with Gasteiger partial charge in [0.1, 0.15) is 0 Å². The van der Waals surface area contributed by atoms with Crippen LogP contribution in [0.2, 0.25) is 0 Å². The van der Waals surface area contributed by atoms with Crippen LogP contribution in [0.3, 0.4) is 0 Å². The second-order valence-corrected chi connectivity index (χ2v) is 4.96. The molecule has 106 valence electrons. The van der Waals surface area contributed by atoms with Crippen LogP contribution in [0.5, 0.6) is 0 Å². The van der Waals surface area contributed by atoms with Crippen molar-refractivity contribution in [2.45, 2.75) is 52.4 Å². The van der Waals surface area contributed by atoms with Crippen LogP contribution in [0.25, 0.3) is 0 Å². The number of nitrogens with two attached hydrogens (primary N) is 3. The van der Waals surface area contributed by atoms with E-state index in [4.69, 9.17) is 17.2 Å².